The molecule has 2 unspecified atom stereocenters. The highest BCUT2D eigenvalue weighted by atomic mass is 35.5. The second kappa shape index (κ2) is 7.74. The molecule has 2 aliphatic rings. The van der Waals surface area contributed by atoms with Crippen LogP contribution in [0.5, 0.6) is 0 Å². The highest BCUT2D eigenvalue weighted by molar-refractivity contribution is 6.34. The smallest absolute Gasteiger partial charge is 0.129 e. The number of hydrogen-bond donors (Lipinski definition) is 3. The lowest BCUT2D eigenvalue weighted by Crippen LogP contribution is -2.52. The van der Waals surface area contributed by atoms with Gasteiger partial charge in [0, 0.05) is 79.3 Å². The van der Waals surface area contributed by atoms with Gasteiger partial charge in [0.2, 0.25) is 0 Å². The number of rotatable bonds is 5. The van der Waals surface area contributed by atoms with Crippen LogP contribution in [-0.4, -0.2) is 53.0 Å². The second-order valence-corrected chi connectivity index (χ2v) is 8.22. The number of halogens is 1. The molecular formula is C22H24ClN7. The molecule has 2 atom stereocenters. The largest absolute Gasteiger partial charge is 0.393 e. The van der Waals surface area contributed by atoms with E-state index in [9.17, 15) is 0 Å². The molecule has 2 bridgehead atoms. The van der Waals surface area contributed by atoms with Crippen LogP contribution in [-0.2, 0) is 0 Å². The van der Waals surface area contributed by atoms with Gasteiger partial charge >= 0.3 is 0 Å². The van der Waals surface area contributed by atoms with Crippen LogP contribution in [0, 0.1) is 5.41 Å². The number of aromatic nitrogens is 3. The zero-order valence-corrected chi connectivity index (χ0v) is 17.5. The van der Waals surface area contributed by atoms with E-state index in [1.54, 1.807) is 16.9 Å². The van der Waals surface area contributed by atoms with Crippen LogP contribution in [0.25, 0.3) is 22.2 Å². The second-order valence-electron chi connectivity index (χ2n) is 7.82. The van der Waals surface area contributed by atoms with Gasteiger partial charge in [-0.2, -0.15) is 5.10 Å². The summed E-state index contributed by atoms with van der Waals surface area (Å²) in [6.07, 6.45) is 11.0. The summed E-state index contributed by atoms with van der Waals surface area (Å²) in [6.45, 7) is 2.05. The van der Waals surface area contributed by atoms with Crippen LogP contribution in [0.4, 0.5) is 5.82 Å². The Morgan fingerprint density at radius 1 is 1.27 bits per heavy atom. The maximum absolute atomic E-state index is 7.76. The lowest BCUT2D eigenvalue weighted by atomic mass is 10.0. The molecule has 0 spiro atoms. The van der Waals surface area contributed by atoms with E-state index in [2.05, 4.69) is 32.8 Å². The van der Waals surface area contributed by atoms with E-state index in [-0.39, 0.29) is 0 Å². The van der Waals surface area contributed by atoms with E-state index in [1.165, 1.54) is 19.1 Å². The highest BCUT2D eigenvalue weighted by Crippen LogP contribution is 2.35. The molecule has 5 heterocycles. The van der Waals surface area contributed by atoms with Crippen LogP contribution in [0.1, 0.15) is 18.4 Å². The van der Waals surface area contributed by atoms with Gasteiger partial charge in [0.1, 0.15) is 5.82 Å². The minimum atomic E-state index is 0.531. The lowest BCUT2D eigenvalue weighted by Gasteiger charge is -2.36. The van der Waals surface area contributed by atoms with Crippen molar-refractivity contribution in [1.82, 2.24) is 25.2 Å². The van der Waals surface area contributed by atoms with Crippen LogP contribution in [0.15, 0.2) is 43.0 Å². The van der Waals surface area contributed by atoms with Crippen LogP contribution < -0.4 is 15.5 Å². The van der Waals surface area contributed by atoms with Crippen molar-refractivity contribution in [3.63, 3.8) is 0 Å². The third-order valence-electron chi connectivity index (χ3n) is 6.06. The highest BCUT2D eigenvalue weighted by Gasteiger charge is 2.37. The number of piperazine rings is 1. The first kappa shape index (κ1) is 19.1. The molecule has 5 rings (SSSR count). The summed E-state index contributed by atoms with van der Waals surface area (Å²) in [7, 11) is 1.82. The molecule has 0 saturated carbocycles. The molecule has 3 N–H and O–H groups in total. The molecule has 7 nitrogen and oxygen atoms in total. The monoisotopic (exact) mass is 421 g/mol. The third kappa shape index (κ3) is 3.14. The van der Waals surface area contributed by atoms with Gasteiger partial charge in [-0.25, -0.2) is 9.50 Å². The summed E-state index contributed by atoms with van der Waals surface area (Å²) in [5.41, 5.74) is 4.40. The molecule has 8 heteroatoms. The molecule has 30 heavy (non-hydrogen) atoms. The van der Waals surface area contributed by atoms with Crippen LogP contribution >= 0.6 is 11.6 Å². The average molecular weight is 422 g/mol. The van der Waals surface area contributed by atoms with Gasteiger partial charge in [-0.3, -0.25) is 0 Å². The Balaban J connectivity index is 1.58. The number of allylic oxidation sites excluding steroid dienone is 1. The molecule has 0 aromatic carbocycles. The fraction of sp³-hybridized carbons (Fsp3) is 0.318. The minimum absolute atomic E-state index is 0.531. The zero-order valence-electron chi connectivity index (χ0n) is 16.8. The van der Waals surface area contributed by atoms with Gasteiger partial charge in [0.25, 0.3) is 0 Å². The van der Waals surface area contributed by atoms with Gasteiger partial charge < -0.3 is 20.9 Å². The summed E-state index contributed by atoms with van der Waals surface area (Å²) in [6, 6.07) is 7.33. The fourth-order valence-corrected chi connectivity index (χ4v) is 4.91. The van der Waals surface area contributed by atoms with Crippen LogP contribution in [0.3, 0.4) is 0 Å². The number of nitrogens with zero attached hydrogens (tertiary/aromatic N) is 4. The predicted molar refractivity (Wildman–Crippen MR) is 121 cm³/mol. The standard InChI is InChI=1S/C22H24ClN7/c1-25-8-16(7-24)15-6-19(22-20(23)12-28-29(22)13-15)14-2-5-21(27-9-14)30-17-3-4-18(30)11-26-10-17/h2,5-9,12-13,17-18,24-26H,3-4,10-11H2,1H3/b16-8+,24-7?. The lowest BCUT2D eigenvalue weighted by molar-refractivity contribution is 0.481. The first-order valence-corrected chi connectivity index (χ1v) is 10.6. The van der Waals surface area contributed by atoms with Gasteiger partial charge in [-0.15, -0.1) is 0 Å². The SMILES string of the molecule is CN/C=C(\C=N)c1cc(-c2ccc(N3C4CCC3CNC4)nc2)c2c(Cl)cnn2c1. The van der Waals surface area contributed by atoms with Crippen molar-refractivity contribution in [2.24, 2.45) is 0 Å². The Bertz CT molecular complexity index is 1100. The van der Waals surface area contributed by atoms with Crippen molar-refractivity contribution in [3.05, 3.63) is 53.6 Å². The van der Waals surface area contributed by atoms with E-state index in [1.807, 2.05) is 25.5 Å². The Morgan fingerprint density at radius 3 is 2.73 bits per heavy atom. The maximum Gasteiger partial charge on any atom is 0.129 e. The van der Waals surface area contributed by atoms with E-state index in [4.69, 9.17) is 22.0 Å². The van der Waals surface area contributed by atoms with Gasteiger partial charge in [0.05, 0.1) is 16.7 Å². The first-order chi connectivity index (χ1) is 14.7. The van der Waals surface area contributed by atoms with Crippen LogP contribution in [0.2, 0.25) is 5.02 Å². The third-order valence-corrected chi connectivity index (χ3v) is 6.34. The van der Waals surface area contributed by atoms with Gasteiger partial charge in [0.15, 0.2) is 0 Å². The number of pyridine rings is 2. The molecular weight excluding hydrogens is 398 g/mol. The molecule has 154 valence electrons. The van der Waals surface area contributed by atoms with Crippen molar-refractivity contribution >= 4 is 34.7 Å². The summed E-state index contributed by atoms with van der Waals surface area (Å²) in [5.74, 6) is 1.04. The summed E-state index contributed by atoms with van der Waals surface area (Å²) in [4.78, 5) is 7.30. The van der Waals surface area contributed by atoms with Crippen molar-refractivity contribution in [1.29, 1.82) is 5.41 Å². The molecule has 2 saturated heterocycles. The fourth-order valence-electron chi connectivity index (χ4n) is 4.68. The van der Waals surface area contributed by atoms with Crippen molar-refractivity contribution in [2.75, 3.05) is 25.0 Å². The molecule has 3 aromatic heterocycles. The zero-order chi connectivity index (χ0) is 20.7. The van der Waals surface area contributed by atoms with E-state index < -0.39 is 0 Å². The minimum Gasteiger partial charge on any atom is -0.393 e. The Labute approximate surface area is 180 Å². The number of anilines is 1. The maximum atomic E-state index is 7.76. The average Bonchev–Trinajstić information content (AvgIpc) is 3.27. The molecule has 0 radical (unpaired) electrons. The number of nitrogens with one attached hydrogen (secondary N) is 3. The molecule has 3 aromatic rings. The number of fused-ring (bicyclic) bond motifs is 3. The first-order valence-electron chi connectivity index (χ1n) is 10.2. The van der Waals surface area contributed by atoms with Gasteiger partial charge in [-0.1, -0.05) is 11.6 Å². The van der Waals surface area contributed by atoms with Crippen molar-refractivity contribution in [3.8, 4) is 11.1 Å². The molecule has 0 aliphatic carbocycles. The Hall–Kier alpha value is -2.90. The number of hydrogen-bond acceptors (Lipinski definition) is 6. The predicted octanol–water partition coefficient (Wildman–Crippen LogP) is 3.20. The molecule has 2 aliphatic heterocycles. The normalized spacial score (nSPS) is 21.3. The summed E-state index contributed by atoms with van der Waals surface area (Å²) >= 11 is 6.46. The molecule has 2 fully saturated rings. The van der Waals surface area contributed by atoms with Gasteiger partial charge in [-0.05, 0) is 31.0 Å². The van der Waals surface area contributed by atoms with E-state index in [0.717, 1.165) is 46.7 Å². The topological polar surface area (TPSA) is 81.3 Å². The summed E-state index contributed by atoms with van der Waals surface area (Å²) in [5, 5.41) is 19.3. The van der Waals surface area contributed by atoms with Crippen molar-refractivity contribution in [2.45, 2.75) is 24.9 Å². The van der Waals surface area contributed by atoms with Crippen molar-refractivity contribution < 1.29 is 0 Å². The van der Waals surface area contributed by atoms with E-state index in [0.29, 0.717) is 17.1 Å². The summed E-state index contributed by atoms with van der Waals surface area (Å²) < 4.78 is 1.77. The Kier molecular flexibility index (Phi) is 4.92. The quantitative estimate of drug-likeness (QED) is 0.551. The molecule has 0 amide bonds. The Morgan fingerprint density at radius 2 is 2.07 bits per heavy atom. The van der Waals surface area contributed by atoms with E-state index >= 15 is 0 Å².